The van der Waals surface area contributed by atoms with Gasteiger partial charge in [-0.15, -0.1) is 0 Å². The van der Waals surface area contributed by atoms with Gasteiger partial charge in [-0.25, -0.2) is 14.5 Å². The minimum Gasteiger partial charge on any atom is -0.468 e. The lowest BCUT2D eigenvalue weighted by Gasteiger charge is -2.33. The van der Waals surface area contributed by atoms with E-state index in [2.05, 4.69) is 25.5 Å². The topological polar surface area (TPSA) is 125 Å². The number of ether oxygens (including phenoxy) is 2. The van der Waals surface area contributed by atoms with Crippen LogP contribution in [0.4, 0.5) is 21.8 Å². The molecule has 2 saturated carbocycles. The molecule has 2 aromatic rings. The zero-order valence-electron chi connectivity index (χ0n) is 17.5. The second kappa shape index (κ2) is 7.38. The average Bonchev–Trinajstić information content (AvgIpc) is 3.22. The van der Waals surface area contributed by atoms with Crippen LogP contribution in [0.2, 0.25) is 0 Å². The van der Waals surface area contributed by atoms with E-state index in [-0.39, 0.29) is 31.0 Å². The first kappa shape index (κ1) is 19.9. The fraction of sp³-hybridized carbons (Fsp3) is 0.619. The van der Waals surface area contributed by atoms with Crippen molar-refractivity contribution in [1.29, 1.82) is 0 Å². The van der Waals surface area contributed by atoms with Crippen LogP contribution in [0.5, 0.6) is 5.88 Å². The molecule has 170 valence electrons. The third-order valence-electron chi connectivity index (χ3n) is 6.96. The number of aromatic nitrogens is 4. The van der Waals surface area contributed by atoms with Crippen molar-refractivity contribution in [2.75, 3.05) is 23.4 Å². The lowest BCUT2D eigenvalue weighted by atomic mass is 9.92. The van der Waals surface area contributed by atoms with Crippen molar-refractivity contribution in [1.82, 2.24) is 20.2 Å². The van der Waals surface area contributed by atoms with Gasteiger partial charge in [0.15, 0.2) is 12.3 Å². The number of rotatable bonds is 5. The van der Waals surface area contributed by atoms with Crippen LogP contribution in [0.1, 0.15) is 44.1 Å². The maximum atomic E-state index is 13.9. The monoisotopic (exact) mass is 444 g/mol. The van der Waals surface area contributed by atoms with Crippen LogP contribution in [0.3, 0.4) is 0 Å². The van der Waals surface area contributed by atoms with Crippen molar-refractivity contribution >= 4 is 23.4 Å². The van der Waals surface area contributed by atoms with E-state index in [4.69, 9.17) is 9.47 Å². The van der Waals surface area contributed by atoms with Crippen LogP contribution < -0.4 is 15.0 Å². The number of carbonyl (C=O) groups excluding carboxylic acids is 1. The molecule has 0 aromatic carbocycles. The third-order valence-corrected chi connectivity index (χ3v) is 6.96. The number of nitrogens with one attached hydrogen (secondary N) is 2. The van der Waals surface area contributed by atoms with Gasteiger partial charge >= 0.3 is 0 Å². The highest BCUT2D eigenvalue weighted by molar-refractivity contribution is 6.09. The van der Waals surface area contributed by atoms with Gasteiger partial charge in [0.1, 0.15) is 11.5 Å². The van der Waals surface area contributed by atoms with Crippen LogP contribution in [0.25, 0.3) is 0 Å². The van der Waals surface area contributed by atoms with Crippen LogP contribution in [-0.4, -0.2) is 68.8 Å². The van der Waals surface area contributed by atoms with Gasteiger partial charge in [-0.05, 0) is 38.5 Å². The van der Waals surface area contributed by atoms with Crippen molar-refractivity contribution in [3.05, 3.63) is 18.0 Å². The van der Waals surface area contributed by atoms with E-state index in [0.717, 1.165) is 37.7 Å². The number of amides is 1. The Morgan fingerprint density at radius 2 is 2.19 bits per heavy atom. The Labute approximate surface area is 183 Å². The Morgan fingerprint density at radius 3 is 2.94 bits per heavy atom. The first-order valence-electron chi connectivity index (χ1n) is 11.1. The van der Waals surface area contributed by atoms with Gasteiger partial charge in [0.2, 0.25) is 17.7 Å². The summed E-state index contributed by atoms with van der Waals surface area (Å²) in [5.41, 5.74) is 0.827. The first-order chi connectivity index (χ1) is 15.5. The largest absolute Gasteiger partial charge is 0.468 e. The SMILES string of the molecule is O=C1N([C@@H]2CCC[C@@H](O)C2)c2nc(Nc3cn[nH]c3O[C@@H]3COC[C@H]3F)ncc2C12CC2. The molecule has 4 aliphatic rings. The number of aromatic amines is 1. The van der Waals surface area contributed by atoms with Crippen molar-refractivity contribution in [2.45, 2.75) is 68.4 Å². The normalized spacial score (nSPS) is 30.6. The van der Waals surface area contributed by atoms with Crippen molar-refractivity contribution in [2.24, 2.45) is 0 Å². The molecule has 0 radical (unpaired) electrons. The van der Waals surface area contributed by atoms with E-state index in [1.54, 1.807) is 11.1 Å². The van der Waals surface area contributed by atoms with Crippen LogP contribution in [-0.2, 0) is 14.9 Å². The van der Waals surface area contributed by atoms with E-state index in [9.17, 15) is 14.3 Å². The number of H-pyrrole nitrogens is 1. The number of aliphatic hydroxyl groups is 1. The minimum absolute atomic E-state index is 0.0109. The Hall–Kier alpha value is -2.79. The molecule has 2 aliphatic carbocycles. The van der Waals surface area contributed by atoms with E-state index in [0.29, 0.717) is 23.9 Å². The summed E-state index contributed by atoms with van der Waals surface area (Å²) in [6, 6.07) is -0.0654. The van der Waals surface area contributed by atoms with E-state index < -0.39 is 23.8 Å². The molecule has 2 aliphatic heterocycles. The number of alkyl halides is 1. The molecule has 32 heavy (non-hydrogen) atoms. The number of carbonyl (C=O) groups is 1. The number of nitrogens with zero attached hydrogens (tertiary/aromatic N) is 4. The smallest absolute Gasteiger partial charge is 0.239 e. The van der Waals surface area contributed by atoms with Gasteiger partial charge in [-0.3, -0.25) is 9.69 Å². The fourth-order valence-electron chi connectivity index (χ4n) is 5.06. The number of aliphatic hydroxyl groups excluding tert-OH is 1. The van der Waals surface area contributed by atoms with Gasteiger partial charge < -0.3 is 19.9 Å². The number of fused-ring (bicyclic) bond motifs is 2. The van der Waals surface area contributed by atoms with Crippen molar-refractivity contribution in [3.8, 4) is 5.88 Å². The molecule has 2 aromatic heterocycles. The predicted molar refractivity (Wildman–Crippen MR) is 111 cm³/mol. The van der Waals surface area contributed by atoms with Crippen molar-refractivity contribution in [3.63, 3.8) is 0 Å². The molecule has 6 rings (SSSR count). The summed E-state index contributed by atoms with van der Waals surface area (Å²) in [7, 11) is 0. The molecular weight excluding hydrogens is 419 g/mol. The highest BCUT2D eigenvalue weighted by Crippen LogP contribution is 2.57. The lowest BCUT2D eigenvalue weighted by Crippen LogP contribution is -2.44. The number of halogens is 1. The van der Waals surface area contributed by atoms with Gasteiger partial charge in [0, 0.05) is 17.8 Å². The van der Waals surface area contributed by atoms with Gasteiger partial charge in [-0.2, -0.15) is 10.1 Å². The minimum atomic E-state index is -1.21. The molecule has 11 heteroatoms. The Bertz CT molecular complexity index is 1040. The number of anilines is 3. The Morgan fingerprint density at radius 1 is 1.31 bits per heavy atom. The molecule has 1 amide bonds. The second-order valence-corrected chi connectivity index (χ2v) is 9.11. The summed E-state index contributed by atoms with van der Waals surface area (Å²) >= 11 is 0. The highest BCUT2D eigenvalue weighted by Gasteiger charge is 2.61. The first-order valence-corrected chi connectivity index (χ1v) is 11.1. The maximum Gasteiger partial charge on any atom is 0.239 e. The average molecular weight is 444 g/mol. The number of hydrogen-bond acceptors (Lipinski definition) is 8. The third kappa shape index (κ3) is 3.14. The number of hydrogen-bond donors (Lipinski definition) is 3. The molecule has 3 N–H and O–H groups in total. The molecule has 4 heterocycles. The van der Waals surface area contributed by atoms with Crippen molar-refractivity contribution < 1.29 is 23.8 Å². The highest BCUT2D eigenvalue weighted by atomic mass is 19.1. The molecule has 1 spiro atoms. The molecule has 10 nitrogen and oxygen atoms in total. The summed E-state index contributed by atoms with van der Waals surface area (Å²) in [5.74, 6) is 1.25. The van der Waals surface area contributed by atoms with Gasteiger partial charge in [-0.1, -0.05) is 0 Å². The zero-order chi connectivity index (χ0) is 21.9. The summed E-state index contributed by atoms with van der Waals surface area (Å²) in [5, 5.41) is 19.9. The Kier molecular flexibility index (Phi) is 4.58. The molecule has 0 bridgehead atoms. The van der Waals surface area contributed by atoms with E-state index in [1.165, 1.54) is 6.20 Å². The van der Waals surface area contributed by atoms with E-state index in [1.807, 2.05) is 0 Å². The maximum absolute atomic E-state index is 13.9. The second-order valence-electron chi connectivity index (χ2n) is 9.11. The quantitative estimate of drug-likeness (QED) is 0.637. The molecule has 4 atom stereocenters. The molecule has 0 unspecified atom stereocenters. The molecular formula is C21H25FN6O4. The standard InChI is InChI=1S/C21H25FN6O4/c22-14-9-31-10-16(14)32-18-15(8-24-27-18)25-20-23-7-13-17(26-20)28(19(30)21(13)4-5-21)11-2-1-3-12(29)6-11/h7-8,11-12,14,16,29H,1-6,9-10H2,(H,24,27)(H,23,25,26)/t11-,12-,14-,16-/m1/s1. The summed E-state index contributed by atoms with van der Waals surface area (Å²) in [4.78, 5) is 24.2. The van der Waals surface area contributed by atoms with Crippen LogP contribution >= 0.6 is 0 Å². The van der Waals surface area contributed by atoms with E-state index >= 15 is 0 Å². The summed E-state index contributed by atoms with van der Waals surface area (Å²) in [6.45, 7) is 0.179. The van der Waals surface area contributed by atoms with Crippen LogP contribution in [0.15, 0.2) is 12.4 Å². The van der Waals surface area contributed by atoms with Gasteiger partial charge in [0.25, 0.3) is 0 Å². The summed E-state index contributed by atoms with van der Waals surface area (Å²) in [6.07, 6.45) is 5.56. The molecule has 3 fully saturated rings. The Balaban J connectivity index is 1.28. The fourth-order valence-corrected chi connectivity index (χ4v) is 5.06. The predicted octanol–water partition coefficient (Wildman–Crippen LogP) is 1.74. The zero-order valence-corrected chi connectivity index (χ0v) is 17.5. The lowest BCUT2D eigenvalue weighted by molar-refractivity contribution is -0.121. The summed E-state index contributed by atoms with van der Waals surface area (Å²) < 4.78 is 24.7. The molecule has 1 saturated heterocycles. The van der Waals surface area contributed by atoms with Gasteiger partial charge in [0.05, 0.1) is 30.9 Å². The van der Waals surface area contributed by atoms with Crippen LogP contribution in [0, 0.1) is 0 Å².